The fraction of sp³-hybridized carbons (Fsp3) is 0.889. The molecule has 82 valence electrons. The van der Waals surface area contributed by atoms with E-state index in [0.29, 0.717) is 12.8 Å². The minimum Gasteiger partial charge on any atom is -0.394 e. The molecule has 4 heteroatoms. The van der Waals surface area contributed by atoms with E-state index in [9.17, 15) is 4.79 Å². The summed E-state index contributed by atoms with van der Waals surface area (Å²) in [6.07, 6.45) is 0.954. The van der Waals surface area contributed by atoms with Crippen LogP contribution >= 0.6 is 0 Å². The number of hydroxylamine groups is 1. The zero-order valence-electron chi connectivity index (χ0n) is 8.87. The Morgan fingerprint density at radius 2 is 1.85 bits per heavy atom. The average molecular weight is 193 g/mol. The van der Waals surface area contributed by atoms with Gasteiger partial charge in [-0.2, -0.15) is 5.48 Å². The van der Waals surface area contributed by atoms with Gasteiger partial charge in [-0.05, 0) is 20.3 Å². The lowest BCUT2D eigenvalue weighted by molar-refractivity contribution is -0.123. The van der Waals surface area contributed by atoms with E-state index in [1.165, 1.54) is 0 Å². The third-order valence-electron chi connectivity index (χ3n) is 1.30. The summed E-state index contributed by atoms with van der Waals surface area (Å²) in [6, 6.07) is -0.366. The molecule has 0 saturated heterocycles. The molecular weight excluding hydrogens is 170 g/mol. The summed E-state index contributed by atoms with van der Waals surface area (Å²) in [5, 5.41) is 16.4. The van der Waals surface area contributed by atoms with Gasteiger partial charge in [-0.15, -0.1) is 0 Å². The smallest absolute Gasteiger partial charge is 0.151 e. The van der Waals surface area contributed by atoms with Crippen LogP contribution < -0.4 is 5.48 Å². The molecule has 1 unspecified atom stereocenters. The van der Waals surface area contributed by atoms with Crippen molar-refractivity contribution in [2.45, 2.75) is 52.7 Å². The molecule has 0 spiro atoms. The Balaban J connectivity index is -0.000000209. The summed E-state index contributed by atoms with van der Waals surface area (Å²) in [7, 11) is 0. The number of rotatable bonds is 4. The molecule has 0 bridgehead atoms. The van der Waals surface area contributed by atoms with Crippen LogP contribution in [0.1, 0.15) is 42.0 Å². The average Bonchev–Trinajstić information content (AvgIpc) is 2.05. The fourth-order valence-corrected chi connectivity index (χ4v) is 0.637. The normalized spacial score (nSPS) is 11.9. The molecule has 3 N–H and O–H groups in total. The van der Waals surface area contributed by atoms with Gasteiger partial charge >= 0.3 is 0 Å². The van der Waals surface area contributed by atoms with Crippen molar-refractivity contribution in [3.8, 4) is 0 Å². The van der Waals surface area contributed by atoms with Crippen LogP contribution in [0.15, 0.2) is 0 Å². The highest BCUT2D eigenvalue weighted by atomic mass is 16.5. The Morgan fingerprint density at radius 1 is 1.46 bits per heavy atom. The van der Waals surface area contributed by atoms with Gasteiger partial charge in [0.15, 0.2) is 5.78 Å². The molecule has 0 amide bonds. The Kier molecular flexibility index (Phi) is 11.2. The molecule has 0 aromatic carbocycles. The van der Waals surface area contributed by atoms with E-state index >= 15 is 0 Å². The number of aliphatic hydroxyl groups is 1. The van der Waals surface area contributed by atoms with E-state index in [1.54, 1.807) is 20.8 Å². The van der Waals surface area contributed by atoms with Crippen LogP contribution in [0.2, 0.25) is 0 Å². The van der Waals surface area contributed by atoms with Gasteiger partial charge in [0.1, 0.15) is 0 Å². The van der Waals surface area contributed by atoms with Crippen LogP contribution in [0.5, 0.6) is 0 Å². The topological polar surface area (TPSA) is 69.6 Å². The summed E-state index contributed by atoms with van der Waals surface area (Å²) in [4.78, 5) is 10.8. The lowest BCUT2D eigenvalue weighted by Crippen LogP contribution is -2.33. The molecule has 0 aliphatic carbocycles. The second-order valence-electron chi connectivity index (χ2n) is 3.00. The van der Waals surface area contributed by atoms with Crippen molar-refractivity contribution < 1.29 is 16.5 Å². The highest BCUT2D eigenvalue weighted by Gasteiger charge is 2.11. The first-order valence-electron chi connectivity index (χ1n) is 4.59. The van der Waals surface area contributed by atoms with E-state index in [2.05, 4.69) is 0 Å². The molecule has 4 nitrogen and oxygen atoms in total. The van der Waals surface area contributed by atoms with Crippen molar-refractivity contribution in [1.82, 2.24) is 5.48 Å². The lowest BCUT2D eigenvalue weighted by Gasteiger charge is -2.08. The fourth-order valence-electron chi connectivity index (χ4n) is 0.637. The molecule has 0 saturated carbocycles. The summed E-state index contributed by atoms with van der Waals surface area (Å²) in [5.74, 6) is 0.0556. The van der Waals surface area contributed by atoms with Crippen LogP contribution in [0.25, 0.3) is 0 Å². The molecular formula is C9H23NO3. The SMILES string of the molecule is CC(C)O.CCC(=O)C(CC)NO.[HH]. The molecule has 0 rings (SSSR count). The summed E-state index contributed by atoms with van der Waals surface area (Å²) < 4.78 is 0. The van der Waals surface area contributed by atoms with E-state index in [4.69, 9.17) is 10.3 Å². The minimum atomic E-state index is -0.366. The van der Waals surface area contributed by atoms with Gasteiger partial charge in [0.2, 0.25) is 0 Å². The number of Topliss-reactive ketones (excluding diaryl/α,β-unsaturated/α-hetero) is 1. The number of carbonyl (C=O) groups excluding carboxylic acids is 1. The molecule has 0 aliphatic heterocycles. The zero-order valence-corrected chi connectivity index (χ0v) is 8.87. The third kappa shape index (κ3) is 11.5. The van der Waals surface area contributed by atoms with Crippen molar-refractivity contribution in [3.63, 3.8) is 0 Å². The van der Waals surface area contributed by atoms with Gasteiger partial charge < -0.3 is 10.3 Å². The molecule has 0 radical (unpaired) electrons. The van der Waals surface area contributed by atoms with Gasteiger partial charge in [-0.25, -0.2) is 0 Å². The van der Waals surface area contributed by atoms with Crippen molar-refractivity contribution in [2.24, 2.45) is 0 Å². The first-order chi connectivity index (χ1) is 5.99. The quantitative estimate of drug-likeness (QED) is 0.590. The number of hydrogen-bond acceptors (Lipinski definition) is 4. The van der Waals surface area contributed by atoms with Crippen molar-refractivity contribution >= 4 is 5.78 Å². The van der Waals surface area contributed by atoms with Crippen molar-refractivity contribution in [3.05, 3.63) is 0 Å². The maximum atomic E-state index is 10.8. The number of carbonyl (C=O) groups is 1. The van der Waals surface area contributed by atoms with Gasteiger partial charge in [0.05, 0.1) is 6.04 Å². The minimum absolute atomic E-state index is 0. The van der Waals surface area contributed by atoms with Crippen LogP contribution in [0.3, 0.4) is 0 Å². The van der Waals surface area contributed by atoms with E-state index in [-0.39, 0.29) is 19.4 Å². The predicted molar refractivity (Wildman–Crippen MR) is 53.8 cm³/mol. The summed E-state index contributed by atoms with van der Waals surface area (Å²) >= 11 is 0. The van der Waals surface area contributed by atoms with Gasteiger partial charge in [0.25, 0.3) is 0 Å². The van der Waals surface area contributed by atoms with Crippen LogP contribution in [0, 0.1) is 0 Å². The molecule has 1 atom stereocenters. The van der Waals surface area contributed by atoms with Crippen LogP contribution in [-0.4, -0.2) is 28.2 Å². The van der Waals surface area contributed by atoms with Gasteiger partial charge in [-0.1, -0.05) is 13.8 Å². The summed E-state index contributed by atoms with van der Waals surface area (Å²) in [6.45, 7) is 7.07. The molecule has 0 heterocycles. The Hall–Kier alpha value is -0.450. The standard InChI is InChI=1S/C6H13NO2.C3H8O.H2/c1-3-5(7-9)6(8)4-2;1-3(2)4;/h5,7,9H,3-4H2,1-2H3;3-4H,1-2H3;1H. The highest BCUT2D eigenvalue weighted by Crippen LogP contribution is 1.94. The van der Waals surface area contributed by atoms with Gasteiger partial charge in [-0.3, -0.25) is 4.79 Å². The van der Waals surface area contributed by atoms with Crippen LogP contribution in [-0.2, 0) is 4.79 Å². The van der Waals surface area contributed by atoms with E-state index in [0.717, 1.165) is 0 Å². The van der Waals surface area contributed by atoms with E-state index < -0.39 is 0 Å². The Morgan fingerprint density at radius 3 is 1.92 bits per heavy atom. The number of hydrogen-bond donors (Lipinski definition) is 3. The van der Waals surface area contributed by atoms with Crippen LogP contribution in [0.4, 0.5) is 0 Å². The summed E-state index contributed by atoms with van der Waals surface area (Å²) in [5.41, 5.74) is 1.95. The zero-order chi connectivity index (χ0) is 10.9. The second-order valence-corrected chi connectivity index (χ2v) is 3.00. The van der Waals surface area contributed by atoms with Gasteiger partial charge in [0, 0.05) is 14.0 Å². The first kappa shape index (κ1) is 15.0. The van der Waals surface area contributed by atoms with Crippen molar-refractivity contribution in [2.75, 3.05) is 0 Å². The van der Waals surface area contributed by atoms with E-state index in [1.807, 2.05) is 12.4 Å². The lowest BCUT2D eigenvalue weighted by atomic mass is 10.1. The number of nitrogens with one attached hydrogen (secondary N) is 1. The largest absolute Gasteiger partial charge is 0.394 e. The molecule has 0 aromatic rings. The number of ketones is 1. The molecule has 0 aliphatic rings. The predicted octanol–water partition coefficient (Wildman–Crippen LogP) is 1.36. The first-order valence-corrected chi connectivity index (χ1v) is 4.59. The maximum absolute atomic E-state index is 10.8. The Labute approximate surface area is 81.4 Å². The third-order valence-corrected chi connectivity index (χ3v) is 1.30. The molecule has 0 aromatic heterocycles. The molecule has 0 fully saturated rings. The highest BCUT2D eigenvalue weighted by molar-refractivity contribution is 5.83. The van der Waals surface area contributed by atoms with Crippen molar-refractivity contribution in [1.29, 1.82) is 0 Å². The second kappa shape index (κ2) is 9.64. The number of aliphatic hydroxyl groups excluding tert-OH is 1. The Bertz CT molecular complexity index is 124. The monoisotopic (exact) mass is 193 g/mol. The maximum Gasteiger partial charge on any atom is 0.151 e. The molecule has 13 heavy (non-hydrogen) atoms.